The van der Waals surface area contributed by atoms with E-state index in [-0.39, 0.29) is 17.5 Å². The molecule has 0 saturated heterocycles. The molecule has 2 aromatic carbocycles. The summed E-state index contributed by atoms with van der Waals surface area (Å²) in [5, 5.41) is 3.96. The standard InChI is InChI=1S/C23H28N4O2S/c1-26-12-6-9-20-11-10-19(15-25-30(28,29)21-16-24-27(2)17-21)13-22(20)23(26)14-18-7-4-3-5-8-18/h3-5,7-8,10-11,13,16-17,23,25H,6,9,12,14-15H2,1-2H3. The summed E-state index contributed by atoms with van der Waals surface area (Å²) >= 11 is 0. The van der Waals surface area contributed by atoms with Gasteiger partial charge < -0.3 is 0 Å². The van der Waals surface area contributed by atoms with Crippen LogP contribution in [0.15, 0.2) is 65.8 Å². The fourth-order valence-electron chi connectivity index (χ4n) is 4.11. The smallest absolute Gasteiger partial charge is 0.243 e. The molecule has 1 aliphatic rings. The summed E-state index contributed by atoms with van der Waals surface area (Å²) < 4.78 is 29.3. The summed E-state index contributed by atoms with van der Waals surface area (Å²) in [5.41, 5.74) is 4.94. The van der Waals surface area contributed by atoms with Crippen LogP contribution in [0.1, 0.15) is 34.7 Å². The SMILES string of the molecule is CN1CCCc2ccc(CNS(=O)(=O)c3cnn(C)c3)cc2C1Cc1ccccc1. The maximum Gasteiger partial charge on any atom is 0.243 e. The van der Waals surface area contributed by atoms with Crippen molar-refractivity contribution in [1.29, 1.82) is 0 Å². The molecule has 1 atom stereocenters. The first-order valence-corrected chi connectivity index (χ1v) is 11.7. The molecule has 0 radical (unpaired) electrons. The van der Waals surface area contributed by atoms with Crippen molar-refractivity contribution >= 4 is 10.0 Å². The Morgan fingerprint density at radius 3 is 2.63 bits per heavy atom. The van der Waals surface area contributed by atoms with Crippen molar-refractivity contribution < 1.29 is 8.42 Å². The van der Waals surface area contributed by atoms with Crippen LogP contribution in [-0.2, 0) is 36.5 Å². The molecule has 0 fully saturated rings. The van der Waals surface area contributed by atoms with Gasteiger partial charge in [-0.05, 0) is 55.1 Å². The van der Waals surface area contributed by atoms with Crippen molar-refractivity contribution in [3.8, 4) is 0 Å². The molecule has 3 aromatic rings. The van der Waals surface area contributed by atoms with E-state index in [1.165, 1.54) is 33.8 Å². The Labute approximate surface area is 178 Å². The summed E-state index contributed by atoms with van der Waals surface area (Å²) in [7, 11) is 0.302. The van der Waals surface area contributed by atoms with E-state index in [0.29, 0.717) is 0 Å². The molecular formula is C23H28N4O2S. The van der Waals surface area contributed by atoms with E-state index in [1.807, 2.05) is 12.1 Å². The Balaban J connectivity index is 1.58. The molecule has 1 unspecified atom stereocenters. The van der Waals surface area contributed by atoms with Crippen LogP contribution < -0.4 is 4.72 Å². The van der Waals surface area contributed by atoms with E-state index in [0.717, 1.165) is 31.4 Å². The van der Waals surface area contributed by atoms with Gasteiger partial charge in [0.25, 0.3) is 0 Å². The normalized spacial score (nSPS) is 17.5. The van der Waals surface area contributed by atoms with E-state index < -0.39 is 10.0 Å². The highest BCUT2D eigenvalue weighted by molar-refractivity contribution is 7.89. The van der Waals surface area contributed by atoms with Crippen molar-refractivity contribution in [3.63, 3.8) is 0 Å². The number of sulfonamides is 1. The highest BCUT2D eigenvalue weighted by atomic mass is 32.2. The third-order valence-corrected chi connectivity index (χ3v) is 7.14. The fraction of sp³-hybridized carbons (Fsp3) is 0.348. The molecule has 158 valence electrons. The second-order valence-corrected chi connectivity index (χ2v) is 9.76. The summed E-state index contributed by atoms with van der Waals surface area (Å²) in [4.78, 5) is 2.60. The Bertz CT molecular complexity index is 1110. The number of aryl methyl sites for hydroxylation is 2. The largest absolute Gasteiger partial charge is 0.299 e. The molecule has 30 heavy (non-hydrogen) atoms. The van der Waals surface area contributed by atoms with Crippen LogP contribution in [0.4, 0.5) is 0 Å². The van der Waals surface area contributed by atoms with Crippen LogP contribution in [0.2, 0.25) is 0 Å². The molecular weight excluding hydrogens is 396 g/mol. The lowest BCUT2D eigenvalue weighted by Gasteiger charge is -2.28. The summed E-state index contributed by atoms with van der Waals surface area (Å²) in [6.45, 7) is 1.31. The van der Waals surface area contributed by atoms with Gasteiger partial charge in [-0.3, -0.25) is 9.58 Å². The monoisotopic (exact) mass is 424 g/mol. The van der Waals surface area contributed by atoms with Crippen LogP contribution in [0.5, 0.6) is 0 Å². The van der Waals surface area contributed by atoms with Crippen molar-refractivity contribution in [2.24, 2.45) is 7.05 Å². The van der Waals surface area contributed by atoms with Crippen molar-refractivity contribution in [3.05, 3.63) is 83.2 Å². The lowest BCUT2D eigenvalue weighted by Crippen LogP contribution is -2.26. The number of likely N-dealkylation sites (N-methyl/N-ethyl adjacent to an activating group) is 1. The quantitative estimate of drug-likeness (QED) is 0.660. The summed E-state index contributed by atoms with van der Waals surface area (Å²) in [6, 6.07) is 17.2. The molecule has 1 N–H and O–H groups in total. The fourth-order valence-corrected chi connectivity index (χ4v) is 5.11. The van der Waals surface area contributed by atoms with Crippen LogP contribution in [0.3, 0.4) is 0 Å². The maximum atomic E-state index is 12.5. The van der Waals surface area contributed by atoms with E-state index >= 15 is 0 Å². The van der Waals surface area contributed by atoms with Crippen molar-refractivity contribution in [1.82, 2.24) is 19.4 Å². The Hall–Kier alpha value is -2.48. The number of hydrogen-bond donors (Lipinski definition) is 1. The van der Waals surface area contributed by atoms with Gasteiger partial charge in [-0.15, -0.1) is 0 Å². The van der Waals surface area contributed by atoms with E-state index in [9.17, 15) is 8.42 Å². The predicted molar refractivity (Wildman–Crippen MR) is 118 cm³/mol. The van der Waals surface area contributed by atoms with Gasteiger partial charge in [-0.25, -0.2) is 13.1 Å². The number of aromatic nitrogens is 2. The molecule has 4 rings (SSSR count). The third-order valence-electron chi connectivity index (χ3n) is 5.79. The minimum atomic E-state index is -3.58. The van der Waals surface area contributed by atoms with Gasteiger partial charge in [-0.2, -0.15) is 5.10 Å². The first-order chi connectivity index (χ1) is 14.4. The zero-order valence-electron chi connectivity index (χ0n) is 17.5. The second kappa shape index (κ2) is 8.71. The van der Waals surface area contributed by atoms with E-state index in [1.54, 1.807) is 7.05 Å². The number of hydrogen-bond acceptors (Lipinski definition) is 4. The lowest BCUT2D eigenvalue weighted by atomic mass is 9.92. The summed E-state index contributed by atoms with van der Waals surface area (Å²) in [5.74, 6) is 0. The van der Waals surface area contributed by atoms with Gasteiger partial charge in [0, 0.05) is 25.8 Å². The highest BCUT2D eigenvalue weighted by Crippen LogP contribution is 2.31. The number of rotatable bonds is 6. The van der Waals surface area contributed by atoms with Crippen LogP contribution in [0.25, 0.3) is 0 Å². The molecule has 7 heteroatoms. The molecule has 1 aliphatic heterocycles. The average molecular weight is 425 g/mol. The second-order valence-electron chi connectivity index (χ2n) is 8.00. The molecule has 1 aromatic heterocycles. The highest BCUT2D eigenvalue weighted by Gasteiger charge is 2.24. The topological polar surface area (TPSA) is 67.2 Å². The predicted octanol–water partition coefficient (Wildman–Crippen LogP) is 3.06. The maximum absolute atomic E-state index is 12.5. The van der Waals surface area contributed by atoms with Crippen LogP contribution in [0, 0.1) is 0 Å². The minimum Gasteiger partial charge on any atom is -0.299 e. The van der Waals surface area contributed by atoms with Gasteiger partial charge in [0.2, 0.25) is 10.0 Å². The van der Waals surface area contributed by atoms with Gasteiger partial charge in [0.05, 0.1) is 6.20 Å². The zero-order chi connectivity index (χ0) is 21.1. The van der Waals surface area contributed by atoms with Crippen LogP contribution in [-0.4, -0.2) is 36.7 Å². The van der Waals surface area contributed by atoms with Crippen molar-refractivity contribution in [2.45, 2.75) is 36.7 Å². The lowest BCUT2D eigenvalue weighted by molar-refractivity contribution is 0.248. The first-order valence-electron chi connectivity index (χ1n) is 10.3. The Morgan fingerprint density at radius 2 is 1.90 bits per heavy atom. The van der Waals surface area contributed by atoms with Gasteiger partial charge >= 0.3 is 0 Å². The summed E-state index contributed by atoms with van der Waals surface area (Å²) in [6.07, 6.45) is 5.98. The number of benzene rings is 2. The number of nitrogens with one attached hydrogen (secondary N) is 1. The van der Waals surface area contributed by atoms with Gasteiger partial charge in [0.15, 0.2) is 0 Å². The molecule has 0 amide bonds. The molecule has 2 heterocycles. The number of fused-ring (bicyclic) bond motifs is 1. The van der Waals surface area contributed by atoms with Gasteiger partial charge in [-0.1, -0.05) is 48.5 Å². The Kier molecular flexibility index (Phi) is 6.04. The van der Waals surface area contributed by atoms with E-state index in [4.69, 9.17) is 0 Å². The zero-order valence-corrected chi connectivity index (χ0v) is 18.3. The van der Waals surface area contributed by atoms with Crippen LogP contribution >= 0.6 is 0 Å². The van der Waals surface area contributed by atoms with E-state index in [2.05, 4.69) is 58.2 Å². The average Bonchev–Trinajstić information content (AvgIpc) is 3.13. The molecule has 0 saturated carbocycles. The first kappa shape index (κ1) is 20.8. The molecule has 0 spiro atoms. The molecule has 0 aliphatic carbocycles. The minimum absolute atomic E-state index is 0.182. The molecule has 0 bridgehead atoms. The molecule has 6 nitrogen and oxygen atoms in total. The van der Waals surface area contributed by atoms with Crippen molar-refractivity contribution in [2.75, 3.05) is 13.6 Å². The Morgan fingerprint density at radius 1 is 1.10 bits per heavy atom. The number of nitrogens with zero attached hydrogens (tertiary/aromatic N) is 3. The van der Waals surface area contributed by atoms with Gasteiger partial charge in [0.1, 0.15) is 4.90 Å². The third kappa shape index (κ3) is 4.64.